The standard InChI is InChI=1S/C25H27N3O4/c1-17-7-5-6-8-21(17)23-14-13-22(24(27-23)28(3)18(2)29)25(30)26-15-16-32-20-11-9-19(31-4)10-12-20/h5-14H,15-16H2,1-4H3,(H,26,30). The highest BCUT2D eigenvalue weighted by Crippen LogP contribution is 2.26. The Labute approximate surface area is 188 Å². The number of anilines is 1. The van der Waals surface area contributed by atoms with Crippen LogP contribution >= 0.6 is 0 Å². The lowest BCUT2D eigenvalue weighted by Crippen LogP contribution is -2.32. The third-order valence-corrected chi connectivity index (χ3v) is 5.05. The minimum Gasteiger partial charge on any atom is -0.497 e. The summed E-state index contributed by atoms with van der Waals surface area (Å²) >= 11 is 0. The third kappa shape index (κ3) is 5.43. The largest absolute Gasteiger partial charge is 0.497 e. The number of methoxy groups -OCH3 is 1. The number of hydrogen-bond acceptors (Lipinski definition) is 5. The molecule has 1 heterocycles. The summed E-state index contributed by atoms with van der Waals surface area (Å²) in [4.78, 5) is 30.9. The van der Waals surface area contributed by atoms with Crippen LogP contribution < -0.4 is 19.7 Å². The maximum Gasteiger partial charge on any atom is 0.255 e. The Bertz CT molecular complexity index is 1100. The van der Waals surface area contributed by atoms with Gasteiger partial charge in [0.1, 0.15) is 23.9 Å². The number of aryl methyl sites for hydroxylation is 1. The van der Waals surface area contributed by atoms with E-state index >= 15 is 0 Å². The van der Waals surface area contributed by atoms with Crippen molar-refractivity contribution in [2.75, 3.05) is 32.2 Å². The van der Waals surface area contributed by atoms with E-state index in [0.717, 1.165) is 16.9 Å². The fraction of sp³-hybridized carbons (Fsp3) is 0.240. The van der Waals surface area contributed by atoms with Gasteiger partial charge in [-0.3, -0.25) is 14.5 Å². The first-order chi connectivity index (χ1) is 15.4. The summed E-state index contributed by atoms with van der Waals surface area (Å²) in [7, 11) is 3.21. The van der Waals surface area contributed by atoms with Gasteiger partial charge in [0.05, 0.1) is 24.9 Å². The van der Waals surface area contributed by atoms with Gasteiger partial charge >= 0.3 is 0 Å². The van der Waals surface area contributed by atoms with Gasteiger partial charge in [-0.1, -0.05) is 24.3 Å². The molecule has 2 aromatic carbocycles. The van der Waals surface area contributed by atoms with Crippen molar-refractivity contribution in [1.29, 1.82) is 0 Å². The van der Waals surface area contributed by atoms with Crippen LogP contribution in [0.1, 0.15) is 22.8 Å². The van der Waals surface area contributed by atoms with Crippen molar-refractivity contribution in [3.8, 4) is 22.8 Å². The predicted octanol–water partition coefficient (Wildman–Crippen LogP) is 3.86. The first kappa shape index (κ1) is 22.8. The van der Waals surface area contributed by atoms with Crippen molar-refractivity contribution in [2.24, 2.45) is 0 Å². The van der Waals surface area contributed by atoms with Gasteiger partial charge in [0.2, 0.25) is 5.91 Å². The number of pyridine rings is 1. The van der Waals surface area contributed by atoms with Gasteiger partial charge in [-0.2, -0.15) is 0 Å². The van der Waals surface area contributed by atoms with Gasteiger partial charge in [-0.25, -0.2) is 4.98 Å². The van der Waals surface area contributed by atoms with E-state index < -0.39 is 0 Å². The molecule has 1 aromatic heterocycles. The average molecular weight is 434 g/mol. The SMILES string of the molecule is COc1ccc(OCCNC(=O)c2ccc(-c3ccccc3C)nc2N(C)C(C)=O)cc1. The normalized spacial score (nSPS) is 10.4. The average Bonchev–Trinajstić information content (AvgIpc) is 2.81. The van der Waals surface area contributed by atoms with Crippen molar-refractivity contribution in [3.63, 3.8) is 0 Å². The van der Waals surface area contributed by atoms with Crippen LogP contribution in [0.4, 0.5) is 5.82 Å². The zero-order valence-corrected chi connectivity index (χ0v) is 18.7. The first-order valence-corrected chi connectivity index (χ1v) is 10.3. The Hall–Kier alpha value is -3.87. The van der Waals surface area contributed by atoms with Gasteiger partial charge in [0.25, 0.3) is 5.91 Å². The number of benzene rings is 2. The molecular weight excluding hydrogens is 406 g/mol. The summed E-state index contributed by atoms with van der Waals surface area (Å²) in [6, 6.07) is 18.5. The topological polar surface area (TPSA) is 80.8 Å². The van der Waals surface area contributed by atoms with E-state index in [1.807, 2.05) is 31.2 Å². The van der Waals surface area contributed by atoms with E-state index in [1.165, 1.54) is 11.8 Å². The molecule has 0 saturated heterocycles. The van der Waals surface area contributed by atoms with E-state index in [9.17, 15) is 9.59 Å². The number of carbonyl (C=O) groups excluding carboxylic acids is 2. The maximum absolute atomic E-state index is 12.8. The molecule has 3 aromatic rings. The molecule has 0 spiro atoms. The van der Waals surface area contributed by atoms with E-state index in [1.54, 1.807) is 50.6 Å². The Balaban J connectivity index is 1.72. The molecular formula is C25H27N3O4. The van der Waals surface area contributed by atoms with E-state index in [2.05, 4.69) is 10.3 Å². The summed E-state index contributed by atoms with van der Waals surface area (Å²) in [6.07, 6.45) is 0. The Morgan fingerprint density at radius 3 is 2.34 bits per heavy atom. The zero-order valence-electron chi connectivity index (χ0n) is 18.7. The third-order valence-electron chi connectivity index (χ3n) is 5.05. The summed E-state index contributed by atoms with van der Waals surface area (Å²) < 4.78 is 10.8. The second kappa shape index (κ2) is 10.4. The van der Waals surface area contributed by atoms with E-state index in [-0.39, 0.29) is 11.8 Å². The number of nitrogens with one attached hydrogen (secondary N) is 1. The molecule has 166 valence electrons. The predicted molar refractivity (Wildman–Crippen MR) is 124 cm³/mol. The Kier molecular flexibility index (Phi) is 7.44. The van der Waals surface area contributed by atoms with Crippen LogP contribution in [0.25, 0.3) is 11.3 Å². The van der Waals surface area contributed by atoms with E-state index in [0.29, 0.717) is 36.0 Å². The Morgan fingerprint density at radius 2 is 1.69 bits per heavy atom. The van der Waals surface area contributed by atoms with Crippen LogP contribution in [-0.4, -0.2) is 44.1 Å². The molecule has 0 saturated carbocycles. The molecule has 0 unspecified atom stereocenters. The fourth-order valence-corrected chi connectivity index (χ4v) is 3.14. The van der Waals surface area contributed by atoms with Crippen LogP contribution in [0, 0.1) is 6.92 Å². The monoisotopic (exact) mass is 433 g/mol. The number of amides is 2. The first-order valence-electron chi connectivity index (χ1n) is 10.3. The summed E-state index contributed by atoms with van der Waals surface area (Å²) in [5.41, 5.74) is 3.03. The van der Waals surface area contributed by atoms with Gasteiger partial charge in [-0.05, 0) is 48.9 Å². The number of nitrogens with zero attached hydrogens (tertiary/aromatic N) is 2. The highest BCUT2D eigenvalue weighted by molar-refractivity contribution is 6.03. The van der Waals surface area contributed by atoms with Crippen molar-refractivity contribution in [3.05, 3.63) is 71.8 Å². The van der Waals surface area contributed by atoms with Crippen molar-refractivity contribution in [2.45, 2.75) is 13.8 Å². The molecule has 2 amide bonds. The molecule has 0 aliphatic carbocycles. The molecule has 0 aliphatic heterocycles. The van der Waals surface area contributed by atoms with Gasteiger partial charge in [-0.15, -0.1) is 0 Å². The minimum atomic E-state index is -0.324. The van der Waals surface area contributed by atoms with Gasteiger partial charge in [0, 0.05) is 19.5 Å². The second-order valence-corrected chi connectivity index (χ2v) is 7.24. The Morgan fingerprint density at radius 1 is 1.00 bits per heavy atom. The van der Waals surface area contributed by atoms with Crippen molar-refractivity contribution in [1.82, 2.24) is 10.3 Å². The maximum atomic E-state index is 12.8. The van der Waals surface area contributed by atoms with Crippen LogP contribution in [0.3, 0.4) is 0 Å². The lowest BCUT2D eigenvalue weighted by atomic mass is 10.0. The number of ether oxygens (including phenoxy) is 2. The smallest absolute Gasteiger partial charge is 0.255 e. The quantitative estimate of drug-likeness (QED) is 0.546. The molecule has 0 aliphatic rings. The summed E-state index contributed by atoms with van der Waals surface area (Å²) in [6.45, 7) is 4.03. The van der Waals surface area contributed by atoms with Crippen LogP contribution in [0.5, 0.6) is 11.5 Å². The van der Waals surface area contributed by atoms with Crippen LogP contribution in [0.2, 0.25) is 0 Å². The second-order valence-electron chi connectivity index (χ2n) is 7.24. The number of hydrogen-bond donors (Lipinski definition) is 1. The van der Waals surface area contributed by atoms with Gasteiger partial charge < -0.3 is 14.8 Å². The lowest BCUT2D eigenvalue weighted by molar-refractivity contribution is -0.116. The number of carbonyl (C=O) groups is 2. The molecule has 1 N–H and O–H groups in total. The van der Waals surface area contributed by atoms with E-state index in [4.69, 9.17) is 9.47 Å². The molecule has 0 radical (unpaired) electrons. The molecule has 3 rings (SSSR count). The number of aromatic nitrogens is 1. The highest BCUT2D eigenvalue weighted by Gasteiger charge is 2.20. The fourth-order valence-electron chi connectivity index (χ4n) is 3.14. The molecule has 7 heteroatoms. The minimum absolute atomic E-state index is 0.212. The molecule has 0 bridgehead atoms. The number of rotatable bonds is 8. The zero-order chi connectivity index (χ0) is 23.1. The highest BCUT2D eigenvalue weighted by atomic mass is 16.5. The molecule has 0 atom stereocenters. The van der Waals surface area contributed by atoms with Crippen LogP contribution in [0.15, 0.2) is 60.7 Å². The summed E-state index contributed by atoms with van der Waals surface area (Å²) in [5.74, 6) is 1.20. The van der Waals surface area contributed by atoms with Crippen molar-refractivity contribution < 1.29 is 19.1 Å². The van der Waals surface area contributed by atoms with Crippen molar-refractivity contribution >= 4 is 17.6 Å². The van der Waals surface area contributed by atoms with Crippen LogP contribution in [-0.2, 0) is 4.79 Å². The molecule has 0 fully saturated rings. The molecule has 7 nitrogen and oxygen atoms in total. The lowest BCUT2D eigenvalue weighted by Gasteiger charge is -2.19. The molecule has 32 heavy (non-hydrogen) atoms. The van der Waals surface area contributed by atoms with Gasteiger partial charge in [0.15, 0.2) is 0 Å². The summed E-state index contributed by atoms with van der Waals surface area (Å²) in [5, 5.41) is 2.83.